The van der Waals surface area contributed by atoms with Crippen molar-refractivity contribution in [3.63, 3.8) is 0 Å². The van der Waals surface area contributed by atoms with Gasteiger partial charge in [-0.2, -0.15) is 0 Å². The van der Waals surface area contributed by atoms with E-state index in [1.807, 2.05) is 0 Å². The van der Waals surface area contributed by atoms with Gasteiger partial charge in [0.1, 0.15) is 13.2 Å². The van der Waals surface area contributed by atoms with Gasteiger partial charge in [0.15, 0.2) is 6.10 Å². The maximum absolute atomic E-state index is 12.9. The third-order valence-corrected chi connectivity index (χ3v) is 12.0. The van der Waals surface area contributed by atoms with E-state index in [1.54, 1.807) is 0 Å². The number of carbonyl (C=O) groups is 3. The van der Waals surface area contributed by atoms with E-state index < -0.39 is 6.10 Å². The highest BCUT2D eigenvalue weighted by Crippen LogP contribution is 2.14. The largest absolute Gasteiger partial charge is 0.462 e. The van der Waals surface area contributed by atoms with Crippen LogP contribution in [0.15, 0.2) is 97.2 Å². The molecule has 0 spiro atoms. The zero-order valence-corrected chi connectivity index (χ0v) is 45.0. The third-order valence-electron chi connectivity index (χ3n) is 12.0. The third kappa shape index (κ3) is 55.1. The zero-order valence-electron chi connectivity index (χ0n) is 45.0. The van der Waals surface area contributed by atoms with Crippen molar-refractivity contribution in [3.05, 3.63) is 97.2 Å². The van der Waals surface area contributed by atoms with E-state index in [-0.39, 0.29) is 37.5 Å². The topological polar surface area (TPSA) is 78.9 Å². The lowest BCUT2D eigenvalue weighted by Crippen LogP contribution is -2.30. The molecule has 69 heavy (non-hydrogen) atoms. The summed E-state index contributed by atoms with van der Waals surface area (Å²) in [5, 5.41) is 0. The molecule has 0 N–H and O–H groups in total. The SMILES string of the molecule is CCCCC/C=C\C/C=C\C/C=C\C/C=C\CCCC(=O)OC[C@H](COC(=O)CCCC/C=C\C/C=C\C/C=C\CCCCC)OC(=O)CCCCCCCCCCC/C=C\CCCCCCCC. The lowest BCUT2D eigenvalue weighted by Gasteiger charge is -2.18. The summed E-state index contributed by atoms with van der Waals surface area (Å²) in [6, 6.07) is 0. The normalized spacial score (nSPS) is 12.8. The summed E-state index contributed by atoms with van der Waals surface area (Å²) in [7, 11) is 0. The van der Waals surface area contributed by atoms with Gasteiger partial charge < -0.3 is 14.2 Å². The molecule has 0 heterocycles. The molecule has 0 bridgehead atoms. The summed E-state index contributed by atoms with van der Waals surface area (Å²) in [4.78, 5) is 38.1. The molecule has 0 rings (SSSR count). The van der Waals surface area contributed by atoms with Gasteiger partial charge in [0, 0.05) is 19.3 Å². The molecule has 6 heteroatoms. The molecule has 0 fully saturated rings. The smallest absolute Gasteiger partial charge is 0.306 e. The van der Waals surface area contributed by atoms with Crippen molar-refractivity contribution in [1.29, 1.82) is 0 Å². The first kappa shape index (κ1) is 65.3. The molecule has 1 atom stereocenters. The number of esters is 3. The summed E-state index contributed by atoms with van der Waals surface area (Å²) in [5.41, 5.74) is 0. The molecule has 0 unspecified atom stereocenters. The van der Waals surface area contributed by atoms with Crippen LogP contribution in [-0.4, -0.2) is 37.2 Å². The molecule has 0 aromatic carbocycles. The quantitative estimate of drug-likeness (QED) is 0.0262. The fourth-order valence-electron chi connectivity index (χ4n) is 7.67. The minimum Gasteiger partial charge on any atom is -0.462 e. The second-order valence-corrected chi connectivity index (χ2v) is 18.8. The van der Waals surface area contributed by atoms with E-state index in [0.29, 0.717) is 19.3 Å². The van der Waals surface area contributed by atoms with Gasteiger partial charge in [0.2, 0.25) is 0 Å². The van der Waals surface area contributed by atoms with Gasteiger partial charge in [-0.15, -0.1) is 0 Å². The Morgan fingerprint density at radius 3 is 0.942 bits per heavy atom. The summed E-state index contributed by atoms with van der Waals surface area (Å²) in [6.45, 7) is 6.50. The van der Waals surface area contributed by atoms with Crippen molar-refractivity contribution in [2.45, 2.75) is 271 Å². The molecule has 0 aromatic heterocycles. The van der Waals surface area contributed by atoms with E-state index in [0.717, 1.165) is 77.0 Å². The standard InChI is InChI=1S/C63H106O6/c1-4-7-10-13-16-19-22-25-28-30-31-33-36-39-42-45-48-51-54-57-63(66)69-60(58-67-61(64)55-52-49-46-43-40-37-34-27-24-21-18-15-12-9-6-3)59-68-62(65)56-53-50-47-44-41-38-35-32-29-26-23-20-17-14-11-8-5-2/h17-18,20-21,25-29,34-35,38,40,43-44,47,60H,4-16,19,22-24,30-33,36-37,39,41-42,45-46,48-59H2,1-3H3/b20-17-,21-18-,28-25-,29-26-,34-27-,38-35-,43-40-,47-44-/t60-/m0/s1. The van der Waals surface area contributed by atoms with Crippen molar-refractivity contribution in [2.75, 3.05) is 13.2 Å². The van der Waals surface area contributed by atoms with Gasteiger partial charge in [0.05, 0.1) is 0 Å². The molecule has 0 aliphatic carbocycles. The zero-order chi connectivity index (χ0) is 50.0. The van der Waals surface area contributed by atoms with Crippen molar-refractivity contribution < 1.29 is 28.6 Å². The van der Waals surface area contributed by atoms with Crippen LogP contribution in [0.5, 0.6) is 0 Å². The van der Waals surface area contributed by atoms with Crippen LogP contribution in [0.2, 0.25) is 0 Å². The second kappa shape index (κ2) is 56.9. The lowest BCUT2D eigenvalue weighted by atomic mass is 10.1. The van der Waals surface area contributed by atoms with Crippen molar-refractivity contribution in [1.82, 2.24) is 0 Å². The highest BCUT2D eigenvalue weighted by molar-refractivity contribution is 5.71. The number of rotatable bonds is 51. The number of hydrogen-bond donors (Lipinski definition) is 0. The van der Waals surface area contributed by atoms with E-state index >= 15 is 0 Å². The minimum absolute atomic E-state index is 0.115. The molecule has 6 nitrogen and oxygen atoms in total. The van der Waals surface area contributed by atoms with E-state index in [4.69, 9.17) is 14.2 Å². The molecule has 0 aromatic rings. The molecule has 0 radical (unpaired) electrons. The maximum Gasteiger partial charge on any atom is 0.306 e. The summed E-state index contributed by atoms with van der Waals surface area (Å²) in [6.07, 6.45) is 75.4. The summed E-state index contributed by atoms with van der Waals surface area (Å²) in [5.74, 6) is -1.01. The minimum atomic E-state index is -0.817. The summed E-state index contributed by atoms with van der Waals surface area (Å²) >= 11 is 0. The Morgan fingerprint density at radius 1 is 0.290 bits per heavy atom. The van der Waals surface area contributed by atoms with Crippen LogP contribution in [0.1, 0.15) is 265 Å². The molecular formula is C63H106O6. The predicted octanol–water partition coefficient (Wildman–Crippen LogP) is 19.3. The molecule has 0 aliphatic rings. The lowest BCUT2D eigenvalue weighted by molar-refractivity contribution is -0.167. The predicted molar refractivity (Wildman–Crippen MR) is 297 cm³/mol. The van der Waals surface area contributed by atoms with Crippen LogP contribution < -0.4 is 0 Å². The van der Waals surface area contributed by atoms with Crippen LogP contribution in [-0.2, 0) is 28.6 Å². The Kier molecular flexibility index (Phi) is 53.9. The number of carbonyl (C=O) groups excluding carboxylic acids is 3. The number of ether oxygens (including phenoxy) is 3. The summed E-state index contributed by atoms with van der Waals surface area (Å²) < 4.78 is 16.8. The molecule has 0 saturated heterocycles. The second-order valence-electron chi connectivity index (χ2n) is 18.8. The average Bonchev–Trinajstić information content (AvgIpc) is 3.35. The van der Waals surface area contributed by atoms with E-state index in [9.17, 15) is 14.4 Å². The van der Waals surface area contributed by atoms with Gasteiger partial charge in [0.25, 0.3) is 0 Å². The Bertz CT molecular complexity index is 1380. The first-order valence-corrected chi connectivity index (χ1v) is 28.7. The van der Waals surface area contributed by atoms with Gasteiger partial charge in [-0.1, -0.05) is 221 Å². The van der Waals surface area contributed by atoms with E-state index in [1.165, 1.54) is 141 Å². The van der Waals surface area contributed by atoms with Crippen LogP contribution in [0.3, 0.4) is 0 Å². The number of hydrogen-bond acceptors (Lipinski definition) is 6. The van der Waals surface area contributed by atoms with Crippen LogP contribution >= 0.6 is 0 Å². The molecular weight excluding hydrogens is 853 g/mol. The van der Waals surface area contributed by atoms with Crippen LogP contribution in [0, 0.1) is 0 Å². The molecule has 0 aliphatic heterocycles. The first-order chi connectivity index (χ1) is 34.0. The fourth-order valence-corrected chi connectivity index (χ4v) is 7.67. The highest BCUT2D eigenvalue weighted by Gasteiger charge is 2.19. The highest BCUT2D eigenvalue weighted by atomic mass is 16.6. The first-order valence-electron chi connectivity index (χ1n) is 28.7. The average molecular weight is 960 g/mol. The Balaban J connectivity index is 4.52. The van der Waals surface area contributed by atoms with Gasteiger partial charge in [-0.3, -0.25) is 14.4 Å². The monoisotopic (exact) mass is 959 g/mol. The fraction of sp³-hybridized carbons (Fsp3) is 0.698. The molecule has 0 amide bonds. The Morgan fingerprint density at radius 2 is 0.536 bits per heavy atom. The van der Waals surface area contributed by atoms with Gasteiger partial charge >= 0.3 is 17.9 Å². The van der Waals surface area contributed by atoms with Crippen molar-refractivity contribution >= 4 is 17.9 Å². The maximum atomic E-state index is 12.9. The Hall–Kier alpha value is -3.67. The number of allylic oxidation sites excluding steroid dienone is 16. The Labute approximate surface area is 426 Å². The van der Waals surface area contributed by atoms with Crippen LogP contribution in [0.25, 0.3) is 0 Å². The van der Waals surface area contributed by atoms with Crippen molar-refractivity contribution in [2.24, 2.45) is 0 Å². The molecule has 394 valence electrons. The van der Waals surface area contributed by atoms with Gasteiger partial charge in [-0.25, -0.2) is 0 Å². The van der Waals surface area contributed by atoms with Gasteiger partial charge in [-0.05, 0) is 122 Å². The van der Waals surface area contributed by atoms with Crippen molar-refractivity contribution in [3.8, 4) is 0 Å². The van der Waals surface area contributed by atoms with Crippen LogP contribution in [0.4, 0.5) is 0 Å². The molecule has 0 saturated carbocycles. The van der Waals surface area contributed by atoms with E-state index in [2.05, 4.69) is 118 Å². The number of unbranched alkanes of at least 4 members (excludes halogenated alkanes) is 24.